The quantitative estimate of drug-likeness (QED) is 0.0568. The highest BCUT2D eigenvalue weighted by Crippen LogP contribution is 2.33. The molecule has 0 aliphatic heterocycles. The molecule has 8 nitrogen and oxygen atoms in total. The predicted octanol–water partition coefficient (Wildman–Crippen LogP) is 8.42. The molecule has 3 rings (SSSR count). The third-order valence-electron chi connectivity index (χ3n) is 6.86. The Morgan fingerprint density at radius 2 is 1.41 bits per heavy atom. The molecule has 0 spiro atoms. The molecule has 218 valence electrons. The number of unbranched alkanes of at least 4 members (excludes halogenated alkanes) is 5. The second-order valence-electron chi connectivity index (χ2n) is 10.2. The highest BCUT2D eigenvalue weighted by atomic mass is 16.6. The van der Waals surface area contributed by atoms with Crippen LogP contribution >= 0.6 is 0 Å². The Labute approximate surface area is 241 Å². The van der Waals surface area contributed by atoms with Crippen LogP contribution in [0.2, 0.25) is 0 Å². The predicted molar refractivity (Wildman–Crippen MR) is 159 cm³/mol. The summed E-state index contributed by atoms with van der Waals surface area (Å²) in [6, 6.07) is 17.7. The molecule has 1 atom stereocenters. The van der Waals surface area contributed by atoms with Gasteiger partial charge in [-0.3, -0.25) is 10.1 Å². The number of carbonyl (C=O) groups excluding carboxylic acids is 2. The van der Waals surface area contributed by atoms with Gasteiger partial charge in [-0.1, -0.05) is 77.5 Å². The third kappa shape index (κ3) is 9.74. The lowest BCUT2D eigenvalue weighted by Crippen LogP contribution is -2.12. The lowest BCUT2D eigenvalue weighted by molar-refractivity contribution is -0.385. The SMILES string of the molecule is CCCCCCCCOc1ccc(-c2ccc(C(=O)Oc3ccc(C(=O)OC[C@@H](C)CC)cc3)cc2)cc1[N+](=O)[O-]. The maximum Gasteiger partial charge on any atom is 0.343 e. The van der Waals surface area contributed by atoms with Gasteiger partial charge >= 0.3 is 17.6 Å². The van der Waals surface area contributed by atoms with E-state index in [4.69, 9.17) is 14.2 Å². The fourth-order valence-corrected chi connectivity index (χ4v) is 4.07. The number of nitro benzene ring substituents is 1. The van der Waals surface area contributed by atoms with Gasteiger partial charge in [0.1, 0.15) is 5.75 Å². The topological polar surface area (TPSA) is 105 Å². The van der Waals surface area contributed by atoms with Crippen LogP contribution in [0.5, 0.6) is 11.5 Å². The van der Waals surface area contributed by atoms with Crippen LogP contribution in [-0.4, -0.2) is 30.1 Å². The van der Waals surface area contributed by atoms with Crippen LogP contribution in [0.1, 0.15) is 86.4 Å². The Morgan fingerprint density at radius 3 is 2.07 bits per heavy atom. The van der Waals surface area contributed by atoms with E-state index in [1.165, 1.54) is 25.3 Å². The fraction of sp³-hybridized carbons (Fsp3) is 0.394. The van der Waals surface area contributed by atoms with Gasteiger partial charge in [0.25, 0.3) is 0 Å². The first-order valence-electron chi connectivity index (χ1n) is 14.3. The molecular weight excluding hydrogens is 522 g/mol. The Morgan fingerprint density at radius 1 is 0.805 bits per heavy atom. The first-order valence-corrected chi connectivity index (χ1v) is 14.3. The van der Waals surface area contributed by atoms with E-state index >= 15 is 0 Å². The van der Waals surface area contributed by atoms with Crippen molar-refractivity contribution in [2.24, 2.45) is 5.92 Å². The summed E-state index contributed by atoms with van der Waals surface area (Å²) < 4.78 is 16.5. The third-order valence-corrected chi connectivity index (χ3v) is 6.86. The van der Waals surface area contributed by atoms with Crippen molar-refractivity contribution in [1.29, 1.82) is 0 Å². The zero-order chi connectivity index (χ0) is 29.6. The number of hydrogen-bond donors (Lipinski definition) is 0. The zero-order valence-corrected chi connectivity index (χ0v) is 24.1. The smallest absolute Gasteiger partial charge is 0.343 e. The highest BCUT2D eigenvalue weighted by molar-refractivity contribution is 5.92. The van der Waals surface area contributed by atoms with Gasteiger partial charge in [0.15, 0.2) is 5.75 Å². The minimum absolute atomic E-state index is 0.0934. The average Bonchev–Trinajstić information content (AvgIpc) is 2.99. The Kier molecular flexibility index (Phi) is 12.3. The summed E-state index contributed by atoms with van der Waals surface area (Å²) in [7, 11) is 0. The molecule has 41 heavy (non-hydrogen) atoms. The van der Waals surface area contributed by atoms with Crippen LogP contribution in [0.25, 0.3) is 11.1 Å². The van der Waals surface area contributed by atoms with Gasteiger partial charge in [-0.15, -0.1) is 0 Å². The molecule has 0 heterocycles. The molecule has 0 radical (unpaired) electrons. The van der Waals surface area contributed by atoms with Crippen LogP contribution in [0.4, 0.5) is 5.69 Å². The normalized spacial score (nSPS) is 11.5. The van der Waals surface area contributed by atoms with E-state index in [0.717, 1.165) is 25.7 Å². The van der Waals surface area contributed by atoms with E-state index in [0.29, 0.717) is 41.2 Å². The lowest BCUT2D eigenvalue weighted by Gasteiger charge is -2.10. The number of benzene rings is 3. The van der Waals surface area contributed by atoms with E-state index in [9.17, 15) is 19.7 Å². The molecule has 3 aromatic carbocycles. The van der Waals surface area contributed by atoms with Gasteiger partial charge in [-0.05, 0) is 65.9 Å². The van der Waals surface area contributed by atoms with Gasteiger partial charge in [0.2, 0.25) is 0 Å². The van der Waals surface area contributed by atoms with Crippen LogP contribution in [-0.2, 0) is 4.74 Å². The van der Waals surface area contributed by atoms with Crippen molar-refractivity contribution in [3.05, 3.63) is 88.0 Å². The first kappa shape index (κ1) is 31.3. The monoisotopic (exact) mass is 561 g/mol. The summed E-state index contributed by atoms with van der Waals surface area (Å²) >= 11 is 0. The number of nitrogens with zero attached hydrogens (tertiary/aromatic N) is 1. The molecule has 0 aromatic heterocycles. The summed E-state index contributed by atoms with van der Waals surface area (Å²) in [5, 5.41) is 11.7. The zero-order valence-electron chi connectivity index (χ0n) is 24.1. The van der Waals surface area contributed by atoms with E-state index in [-0.39, 0.29) is 17.4 Å². The molecule has 0 saturated heterocycles. The van der Waals surface area contributed by atoms with Crippen LogP contribution in [0, 0.1) is 16.0 Å². The molecule has 0 aliphatic rings. The summed E-state index contributed by atoms with van der Waals surface area (Å²) in [5.74, 6) is -0.148. The molecule has 8 heteroatoms. The van der Waals surface area contributed by atoms with Gasteiger partial charge in [-0.2, -0.15) is 0 Å². The maximum absolute atomic E-state index is 12.7. The van der Waals surface area contributed by atoms with Crippen molar-refractivity contribution in [2.75, 3.05) is 13.2 Å². The van der Waals surface area contributed by atoms with Crippen molar-refractivity contribution in [1.82, 2.24) is 0 Å². The molecular formula is C33H39NO7. The van der Waals surface area contributed by atoms with Crippen molar-refractivity contribution in [2.45, 2.75) is 65.7 Å². The second-order valence-corrected chi connectivity index (χ2v) is 10.2. The van der Waals surface area contributed by atoms with Crippen LogP contribution in [0.15, 0.2) is 66.7 Å². The number of esters is 2. The fourth-order valence-electron chi connectivity index (χ4n) is 4.07. The van der Waals surface area contributed by atoms with Gasteiger partial charge < -0.3 is 14.2 Å². The summed E-state index contributed by atoms with van der Waals surface area (Å²) in [6.07, 6.45) is 7.57. The molecule has 0 fully saturated rings. The number of nitro groups is 1. The number of hydrogen-bond acceptors (Lipinski definition) is 7. The largest absolute Gasteiger partial charge is 0.487 e. The van der Waals surface area contributed by atoms with Crippen molar-refractivity contribution < 1.29 is 28.7 Å². The van der Waals surface area contributed by atoms with Crippen molar-refractivity contribution in [3.8, 4) is 22.6 Å². The van der Waals surface area contributed by atoms with Gasteiger partial charge in [0, 0.05) is 6.07 Å². The van der Waals surface area contributed by atoms with E-state index in [2.05, 4.69) is 6.92 Å². The minimum atomic E-state index is -0.562. The summed E-state index contributed by atoms with van der Waals surface area (Å²) in [6.45, 7) is 7.01. The number of rotatable bonds is 16. The van der Waals surface area contributed by atoms with Crippen molar-refractivity contribution >= 4 is 17.6 Å². The van der Waals surface area contributed by atoms with E-state index in [1.54, 1.807) is 60.7 Å². The van der Waals surface area contributed by atoms with E-state index < -0.39 is 16.9 Å². The lowest BCUT2D eigenvalue weighted by atomic mass is 10.0. The first-order chi connectivity index (χ1) is 19.8. The summed E-state index contributed by atoms with van der Waals surface area (Å²) in [4.78, 5) is 36.1. The molecule has 0 saturated carbocycles. The minimum Gasteiger partial charge on any atom is -0.487 e. The summed E-state index contributed by atoms with van der Waals surface area (Å²) in [5.41, 5.74) is 1.96. The molecule has 3 aromatic rings. The molecule has 0 unspecified atom stereocenters. The van der Waals surface area contributed by atoms with Gasteiger partial charge in [-0.25, -0.2) is 9.59 Å². The molecule has 0 bridgehead atoms. The van der Waals surface area contributed by atoms with Crippen molar-refractivity contribution in [3.63, 3.8) is 0 Å². The van der Waals surface area contributed by atoms with Gasteiger partial charge in [0.05, 0.1) is 29.3 Å². The van der Waals surface area contributed by atoms with E-state index in [1.807, 2.05) is 13.8 Å². The molecule has 0 aliphatic carbocycles. The number of ether oxygens (including phenoxy) is 3. The molecule has 0 N–H and O–H groups in total. The maximum atomic E-state index is 12.7. The number of carbonyl (C=O) groups is 2. The van der Waals surface area contributed by atoms with Crippen LogP contribution < -0.4 is 9.47 Å². The molecule has 0 amide bonds. The average molecular weight is 562 g/mol. The Hall–Kier alpha value is -4.20. The standard InChI is InChI=1S/C33H39NO7/c1-4-6-7-8-9-10-21-39-31-20-17-28(22-30(31)34(37)38)25-11-13-27(14-12-25)33(36)41-29-18-15-26(16-19-29)32(35)40-23-24(3)5-2/h11-20,22,24H,4-10,21,23H2,1-3H3/t24-/m0/s1. The second kappa shape index (κ2) is 16.2. The Bertz CT molecular complexity index is 1290. The Balaban J connectivity index is 1.58. The van der Waals surface area contributed by atoms with Crippen LogP contribution in [0.3, 0.4) is 0 Å². The highest BCUT2D eigenvalue weighted by Gasteiger charge is 2.17.